The molecule has 16 heavy (non-hydrogen) atoms. The molecule has 0 aliphatic carbocycles. The molecule has 2 saturated heterocycles. The average molecular weight is 251 g/mol. The van der Waals surface area contributed by atoms with E-state index in [4.69, 9.17) is 4.74 Å². The minimum absolute atomic E-state index is 0. The van der Waals surface area contributed by atoms with Crippen LogP contribution < -0.4 is 5.32 Å². The molecule has 3 atom stereocenters. The number of nitrogens with zero attached hydrogens (tertiary/aromatic N) is 1. The first-order valence-electron chi connectivity index (χ1n) is 5.48. The van der Waals surface area contributed by atoms with Gasteiger partial charge in [0.15, 0.2) is 0 Å². The number of morpholine rings is 1. The van der Waals surface area contributed by atoms with Gasteiger partial charge in [0.05, 0.1) is 24.9 Å². The number of hydrogen-bond acceptors (Lipinski definition) is 4. The summed E-state index contributed by atoms with van der Waals surface area (Å²) in [5, 5.41) is 12.4. The Balaban J connectivity index is 0.00000128. The number of nitrogens with one attached hydrogen (secondary N) is 1. The van der Waals surface area contributed by atoms with Crippen molar-refractivity contribution < 1.29 is 14.6 Å². The Bertz CT molecular complexity index is 252. The predicted octanol–water partition coefficient (Wildman–Crippen LogP) is -0.622. The standard InChI is InChI=1S/C10H18N2O3.ClH/c1-7-6-12(2-3-15-7)10(14)9-4-8(13)5-11-9;/h7-9,11,13H,2-6H2,1H3;1H/t7?,8-,9+;/m0./s1. The first-order valence-corrected chi connectivity index (χ1v) is 5.48. The van der Waals surface area contributed by atoms with E-state index in [0.29, 0.717) is 32.7 Å². The topological polar surface area (TPSA) is 61.8 Å². The molecule has 2 aliphatic heterocycles. The molecule has 1 amide bonds. The number of carbonyl (C=O) groups is 1. The first-order chi connectivity index (χ1) is 7.16. The van der Waals surface area contributed by atoms with Crippen molar-refractivity contribution in [1.82, 2.24) is 10.2 Å². The number of carbonyl (C=O) groups excluding carboxylic acids is 1. The molecule has 2 heterocycles. The van der Waals surface area contributed by atoms with E-state index in [0.717, 1.165) is 0 Å². The number of halogens is 1. The average Bonchev–Trinajstić information content (AvgIpc) is 2.64. The lowest BCUT2D eigenvalue weighted by Gasteiger charge is -2.32. The van der Waals surface area contributed by atoms with Gasteiger partial charge in [-0.1, -0.05) is 0 Å². The van der Waals surface area contributed by atoms with Gasteiger partial charge in [-0.05, 0) is 13.3 Å². The van der Waals surface area contributed by atoms with Crippen molar-refractivity contribution in [2.24, 2.45) is 0 Å². The molecule has 0 aromatic carbocycles. The van der Waals surface area contributed by atoms with E-state index >= 15 is 0 Å². The third kappa shape index (κ3) is 3.07. The smallest absolute Gasteiger partial charge is 0.239 e. The molecule has 2 fully saturated rings. The van der Waals surface area contributed by atoms with E-state index in [2.05, 4.69) is 5.32 Å². The Morgan fingerprint density at radius 1 is 1.56 bits per heavy atom. The van der Waals surface area contributed by atoms with Gasteiger partial charge in [0.1, 0.15) is 0 Å². The van der Waals surface area contributed by atoms with Crippen molar-refractivity contribution in [1.29, 1.82) is 0 Å². The number of ether oxygens (including phenoxy) is 1. The summed E-state index contributed by atoms with van der Waals surface area (Å²) in [6.45, 7) is 4.43. The van der Waals surface area contributed by atoms with E-state index in [1.165, 1.54) is 0 Å². The number of hydrogen-bond donors (Lipinski definition) is 2. The molecule has 5 nitrogen and oxygen atoms in total. The van der Waals surface area contributed by atoms with Crippen molar-refractivity contribution in [3.63, 3.8) is 0 Å². The quantitative estimate of drug-likeness (QED) is 0.651. The third-order valence-electron chi connectivity index (χ3n) is 2.96. The zero-order chi connectivity index (χ0) is 10.8. The summed E-state index contributed by atoms with van der Waals surface area (Å²) in [6.07, 6.45) is 0.274. The van der Waals surface area contributed by atoms with Crippen LogP contribution in [0.5, 0.6) is 0 Å². The Morgan fingerprint density at radius 2 is 2.31 bits per heavy atom. The van der Waals surface area contributed by atoms with E-state index in [1.54, 1.807) is 0 Å². The summed E-state index contributed by atoms with van der Waals surface area (Å²) in [4.78, 5) is 13.8. The van der Waals surface area contributed by atoms with Crippen LogP contribution in [-0.4, -0.2) is 60.4 Å². The highest BCUT2D eigenvalue weighted by Gasteiger charge is 2.32. The van der Waals surface area contributed by atoms with Gasteiger partial charge in [-0.2, -0.15) is 0 Å². The Morgan fingerprint density at radius 3 is 2.88 bits per heavy atom. The minimum Gasteiger partial charge on any atom is -0.392 e. The lowest BCUT2D eigenvalue weighted by atomic mass is 10.1. The van der Waals surface area contributed by atoms with Crippen LogP contribution in [0.4, 0.5) is 0 Å². The molecule has 94 valence electrons. The molecule has 2 rings (SSSR count). The van der Waals surface area contributed by atoms with Crippen molar-refractivity contribution in [3.8, 4) is 0 Å². The van der Waals surface area contributed by atoms with Gasteiger partial charge in [-0.3, -0.25) is 4.79 Å². The summed E-state index contributed by atoms with van der Waals surface area (Å²) in [7, 11) is 0. The third-order valence-corrected chi connectivity index (χ3v) is 2.96. The Kier molecular flexibility index (Phi) is 4.98. The second-order valence-electron chi connectivity index (χ2n) is 4.32. The zero-order valence-electron chi connectivity index (χ0n) is 9.39. The summed E-state index contributed by atoms with van der Waals surface area (Å²) < 4.78 is 5.38. The van der Waals surface area contributed by atoms with Gasteiger partial charge in [0.2, 0.25) is 5.91 Å². The summed E-state index contributed by atoms with van der Waals surface area (Å²) in [5.41, 5.74) is 0. The Labute approximate surface area is 102 Å². The first kappa shape index (κ1) is 13.7. The van der Waals surface area contributed by atoms with Gasteiger partial charge in [-0.25, -0.2) is 0 Å². The van der Waals surface area contributed by atoms with Crippen LogP contribution in [0.25, 0.3) is 0 Å². The molecule has 6 heteroatoms. The second kappa shape index (κ2) is 5.82. The highest BCUT2D eigenvalue weighted by atomic mass is 35.5. The van der Waals surface area contributed by atoms with Crippen LogP contribution in [0, 0.1) is 0 Å². The van der Waals surface area contributed by atoms with Crippen molar-refractivity contribution in [2.45, 2.75) is 31.6 Å². The second-order valence-corrected chi connectivity index (χ2v) is 4.32. The van der Waals surface area contributed by atoms with E-state index < -0.39 is 0 Å². The molecular weight excluding hydrogens is 232 g/mol. The lowest BCUT2D eigenvalue weighted by Crippen LogP contribution is -2.50. The number of aliphatic hydroxyl groups is 1. The fourth-order valence-corrected chi connectivity index (χ4v) is 2.14. The molecular formula is C10H19ClN2O3. The highest BCUT2D eigenvalue weighted by molar-refractivity contribution is 5.85. The fourth-order valence-electron chi connectivity index (χ4n) is 2.14. The van der Waals surface area contributed by atoms with E-state index in [9.17, 15) is 9.90 Å². The highest BCUT2D eigenvalue weighted by Crippen LogP contribution is 2.12. The molecule has 1 unspecified atom stereocenters. The Hall–Kier alpha value is -0.360. The number of amides is 1. The van der Waals surface area contributed by atoms with Gasteiger partial charge in [0, 0.05) is 19.6 Å². The molecule has 0 saturated carbocycles. The van der Waals surface area contributed by atoms with Crippen LogP contribution >= 0.6 is 12.4 Å². The van der Waals surface area contributed by atoms with Gasteiger partial charge in [0.25, 0.3) is 0 Å². The van der Waals surface area contributed by atoms with Crippen molar-refractivity contribution in [3.05, 3.63) is 0 Å². The molecule has 0 radical (unpaired) electrons. The zero-order valence-corrected chi connectivity index (χ0v) is 10.2. The largest absolute Gasteiger partial charge is 0.392 e. The summed E-state index contributed by atoms with van der Waals surface area (Å²) >= 11 is 0. The predicted molar refractivity (Wildman–Crippen MR) is 61.7 cm³/mol. The van der Waals surface area contributed by atoms with Crippen LogP contribution in [0.15, 0.2) is 0 Å². The fraction of sp³-hybridized carbons (Fsp3) is 0.900. The maximum atomic E-state index is 12.0. The summed E-state index contributed by atoms with van der Waals surface area (Å²) in [6, 6.07) is -0.203. The maximum absolute atomic E-state index is 12.0. The van der Waals surface area contributed by atoms with Crippen molar-refractivity contribution >= 4 is 18.3 Å². The van der Waals surface area contributed by atoms with Crippen LogP contribution in [0.3, 0.4) is 0 Å². The maximum Gasteiger partial charge on any atom is 0.239 e. The molecule has 0 aromatic heterocycles. The molecule has 0 bridgehead atoms. The molecule has 0 aromatic rings. The van der Waals surface area contributed by atoms with E-state index in [1.807, 2.05) is 11.8 Å². The van der Waals surface area contributed by atoms with Gasteiger partial charge >= 0.3 is 0 Å². The van der Waals surface area contributed by atoms with Crippen LogP contribution in [0.2, 0.25) is 0 Å². The lowest BCUT2D eigenvalue weighted by molar-refractivity contribution is -0.140. The van der Waals surface area contributed by atoms with E-state index in [-0.39, 0.29) is 36.6 Å². The number of β-amino-alcohol motifs (C(OH)–C–C–N with tert-alkyl or cyclic N) is 1. The SMILES string of the molecule is CC1CN(C(=O)[C@H]2C[C@H](O)CN2)CCO1.Cl. The number of rotatable bonds is 1. The molecule has 2 N–H and O–H groups in total. The normalized spacial score (nSPS) is 34.6. The van der Waals surface area contributed by atoms with Gasteiger partial charge in [-0.15, -0.1) is 12.4 Å². The van der Waals surface area contributed by atoms with Gasteiger partial charge < -0.3 is 20.1 Å². The van der Waals surface area contributed by atoms with Crippen molar-refractivity contribution in [2.75, 3.05) is 26.2 Å². The molecule has 0 spiro atoms. The molecule has 2 aliphatic rings. The monoisotopic (exact) mass is 250 g/mol. The number of aliphatic hydroxyl groups excluding tert-OH is 1. The summed E-state index contributed by atoms with van der Waals surface area (Å²) in [5.74, 6) is 0.0988. The minimum atomic E-state index is -0.377. The van der Waals surface area contributed by atoms with Crippen LogP contribution in [0.1, 0.15) is 13.3 Å². The van der Waals surface area contributed by atoms with Crippen LogP contribution in [-0.2, 0) is 9.53 Å².